The van der Waals surface area contributed by atoms with E-state index in [1.54, 1.807) is 0 Å². The normalized spacial score (nSPS) is 36.3. The molecule has 3 aliphatic carbocycles. The maximum Gasteiger partial charge on any atom is 0.0810 e. The fourth-order valence-corrected chi connectivity index (χ4v) is 4.54. The Morgan fingerprint density at radius 3 is 2.43 bits per heavy atom. The number of hydrogen-bond donors (Lipinski definition) is 1. The lowest BCUT2D eigenvalue weighted by Crippen LogP contribution is -2.47. The van der Waals surface area contributed by atoms with Gasteiger partial charge in [-0.15, -0.1) is 0 Å². The first-order chi connectivity index (χ1) is 10.1. The van der Waals surface area contributed by atoms with Gasteiger partial charge in [-0.25, -0.2) is 0 Å². The predicted molar refractivity (Wildman–Crippen MR) is 88.4 cm³/mol. The van der Waals surface area contributed by atoms with Crippen molar-refractivity contribution in [2.45, 2.75) is 96.3 Å². The number of hydrogen-bond acceptors (Lipinski definition) is 2. The van der Waals surface area contributed by atoms with E-state index in [1.165, 1.54) is 57.8 Å². The first-order valence-corrected chi connectivity index (χ1v) is 9.49. The maximum atomic E-state index is 6.90. The Bertz CT molecular complexity index is 330. The van der Waals surface area contributed by atoms with Crippen LogP contribution in [0.3, 0.4) is 0 Å². The molecule has 0 heterocycles. The molecule has 0 spiro atoms. The van der Waals surface area contributed by atoms with E-state index < -0.39 is 0 Å². The van der Waals surface area contributed by atoms with Crippen molar-refractivity contribution in [2.24, 2.45) is 17.8 Å². The fraction of sp³-hybridized carbons (Fsp3) is 1.00. The van der Waals surface area contributed by atoms with Gasteiger partial charge in [0.25, 0.3) is 0 Å². The minimum atomic E-state index is 0.164. The molecule has 2 nitrogen and oxygen atoms in total. The summed E-state index contributed by atoms with van der Waals surface area (Å²) in [6.07, 6.45) is 12.6. The predicted octanol–water partition coefficient (Wildman–Crippen LogP) is 4.53. The number of nitrogens with one attached hydrogen (secondary N) is 1. The van der Waals surface area contributed by atoms with Crippen LogP contribution in [0.5, 0.6) is 0 Å². The van der Waals surface area contributed by atoms with Crippen molar-refractivity contribution in [3.05, 3.63) is 0 Å². The van der Waals surface area contributed by atoms with Crippen molar-refractivity contribution in [1.82, 2.24) is 5.32 Å². The molecule has 3 atom stereocenters. The molecule has 0 radical (unpaired) electrons. The molecule has 21 heavy (non-hydrogen) atoms. The summed E-state index contributed by atoms with van der Waals surface area (Å²) in [7, 11) is 0. The lowest BCUT2D eigenvalue weighted by atomic mass is 9.75. The van der Waals surface area contributed by atoms with Crippen LogP contribution in [-0.2, 0) is 4.74 Å². The van der Waals surface area contributed by atoms with Crippen LogP contribution in [0, 0.1) is 17.8 Å². The number of rotatable bonds is 6. The molecule has 2 heteroatoms. The van der Waals surface area contributed by atoms with E-state index in [2.05, 4.69) is 26.1 Å². The monoisotopic (exact) mass is 293 g/mol. The quantitative estimate of drug-likeness (QED) is 0.777. The zero-order chi connectivity index (χ0) is 14.9. The second-order valence-electron chi connectivity index (χ2n) is 8.53. The maximum absolute atomic E-state index is 6.90. The molecule has 0 saturated heterocycles. The highest BCUT2D eigenvalue weighted by Gasteiger charge is 2.42. The second-order valence-corrected chi connectivity index (χ2v) is 8.53. The Balaban J connectivity index is 1.64. The summed E-state index contributed by atoms with van der Waals surface area (Å²) >= 11 is 0. The van der Waals surface area contributed by atoms with Crippen LogP contribution in [0.15, 0.2) is 0 Å². The standard InChI is InChI=1S/C19H35NO/c1-14(2)17-9-6-15(3)12-18(17)21-19(10-4-5-11-19)13-20-16-7-8-16/h14-18,20H,4-13H2,1-3H3. The Morgan fingerprint density at radius 2 is 1.81 bits per heavy atom. The molecule has 0 aromatic carbocycles. The topological polar surface area (TPSA) is 21.3 Å². The van der Waals surface area contributed by atoms with Crippen LogP contribution in [0.25, 0.3) is 0 Å². The lowest BCUT2D eigenvalue weighted by molar-refractivity contribution is -0.135. The molecule has 0 bridgehead atoms. The Kier molecular flexibility index (Phi) is 4.95. The van der Waals surface area contributed by atoms with E-state index in [-0.39, 0.29) is 5.60 Å². The zero-order valence-electron chi connectivity index (χ0n) is 14.4. The van der Waals surface area contributed by atoms with Gasteiger partial charge in [-0.3, -0.25) is 0 Å². The molecular formula is C19H35NO. The van der Waals surface area contributed by atoms with Crippen molar-refractivity contribution < 1.29 is 4.74 Å². The lowest BCUT2D eigenvalue weighted by Gasteiger charge is -2.43. The SMILES string of the molecule is CC1CCC(C(C)C)C(OC2(CNC3CC3)CCCC2)C1. The molecule has 3 fully saturated rings. The van der Waals surface area contributed by atoms with Gasteiger partial charge >= 0.3 is 0 Å². The summed E-state index contributed by atoms with van der Waals surface area (Å²) in [4.78, 5) is 0. The Labute approximate surface area is 131 Å². The van der Waals surface area contributed by atoms with Crippen molar-refractivity contribution in [3.63, 3.8) is 0 Å². The first-order valence-electron chi connectivity index (χ1n) is 9.49. The van der Waals surface area contributed by atoms with E-state index in [9.17, 15) is 0 Å². The minimum absolute atomic E-state index is 0.164. The van der Waals surface area contributed by atoms with Crippen LogP contribution >= 0.6 is 0 Å². The average molecular weight is 293 g/mol. The smallest absolute Gasteiger partial charge is 0.0810 e. The van der Waals surface area contributed by atoms with E-state index in [0.29, 0.717) is 6.10 Å². The minimum Gasteiger partial charge on any atom is -0.370 e. The molecule has 0 aliphatic heterocycles. The van der Waals surface area contributed by atoms with E-state index >= 15 is 0 Å². The zero-order valence-corrected chi connectivity index (χ0v) is 14.4. The van der Waals surface area contributed by atoms with Gasteiger partial charge < -0.3 is 10.1 Å². The van der Waals surface area contributed by atoms with Crippen molar-refractivity contribution in [3.8, 4) is 0 Å². The van der Waals surface area contributed by atoms with Gasteiger partial charge in [0.1, 0.15) is 0 Å². The molecule has 3 unspecified atom stereocenters. The average Bonchev–Trinajstić information content (AvgIpc) is 3.16. The third kappa shape index (κ3) is 4.01. The van der Waals surface area contributed by atoms with Gasteiger partial charge in [0.05, 0.1) is 11.7 Å². The Hall–Kier alpha value is -0.0800. The molecule has 3 saturated carbocycles. The molecule has 0 aromatic heterocycles. The second kappa shape index (κ2) is 6.58. The van der Waals surface area contributed by atoms with Crippen molar-refractivity contribution >= 4 is 0 Å². The van der Waals surface area contributed by atoms with E-state index in [4.69, 9.17) is 4.74 Å². The molecule has 0 amide bonds. The summed E-state index contributed by atoms with van der Waals surface area (Å²) in [5.74, 6) is 2.39. The highest BCUT2D eigenvalue weighted by molar-refractivity contribution is 4.94. The van der Waals surface area contributed by atoms with Crippen LogP contribution in [0.1, 0.15) is 78.6 Å². The fourth-order valence-electron chi connectivity index (χ4n) is 4.54. The van der Waals surface area contributed by atoms with Crippen LogP contribution in [0.4, 0.5) is 0 Å². The third-order valence-electron chi connectivity index (χ3n) is 6.17. The highest BCUT2D eigenvalue weighted by atomic mass is 16.5. The van der Waals surface area contributed by atoms with Crippen LogP contribution < -0.4 is 5.32 Å². The summed E-state index contributed by atoms with van der Waals surface area (Å²) in [6, 6.07) is 0.803. The Morgan fingerprint density at radius 1 is 1.10 bits per heavy atom. The third-order valence-corrected chi connectivity index (χ3v) is 6.17. The number of ether oxygens (including phenoxy) is 1. The van der Waals surface area contributed by atoms with Crippen LogP contribution in [0.2, 0.25) is 0 Å². The van der Waals surface area contributed by atoms with E-state index in [1.807, 2.05) is 0 Å². The molecule has 122 valence electrons. The molecular weight excluding hydrogens is 258 g/mol. The van der Waals surface area contributed by atoms with Gasteiger partial charge in [0, 0.05) is 12.6 Å². The van der Waals surface area contributed by atoms with Crippen molar-refractivity contribution in [1.29, 1.82) is 0 Å². The van der Waals surface area contributed by atoms with Gasteiger partial charge in [-0.1, -0.05) is 40.0 Å². The largest absolute Gasteiger partial charge is 0.370 e. The summed E-state index contributed by atoms with van der Waals surface area (Å²) in [5.41, 5.74) is 0.164. The molecule has 0 aromatic rings. The highest BCUT2D eigenvalue weighted by Crippen LogP contribution is 2.41. The van der Waals surface area contributed by atoms with Crippen LogP contribution in [-0.4, -0.2) is 24.3 Å². The van der Waals surface area contributed by atoms with Gasteiger partial charge in [0.2, 0.25) is 0 Å². The van der Waals surface area contributed by atoms with Gasteiger partial charge in [-0.05, 0) is 56.3 Å². The molecule has 3 rings (SSSR count). The van der Waals surface area contributed by atoms with Gasteiger partial charge in [-0.2, -0.15) is 0 Å². The molecule has 3 aliphatic rings. The van der Waals surface area contributed by atoms with Gasteiger partial charge in [0.15, 0.2) is 0 Å². The summed E-state index contributed by atoms with van der Waals surface area (Å²) in [5, 5.41) is 3.76. The summed E-state index contributed by atoms with van der Waals surface area (Å²) < 4.78 is 6.90. The van der Waals surface area contributed by atoms with Crippen molar-refractivity contribution in [2.75, 3.05) is 6.54 Å². The van der Waals surface area contributed by atoms with E-state index in [0.717, 1.165) is 30.3 Å². The molecule has 1 N–H and O–H groups in total. The first kappa shape index (κ1) is 15.8. The summed E-state index contributed by atoms with van der Waals surface area (Å²) in [6.45, 7) is 8.30.